The molecule has 60 valence electrons. The summed E-state index contributed by atoms with van der Waals surface area (Å²) in [6.07, 6.45) is 2.15. The molecule has 1 aliphatic carbocycles. The molecule has 0 heterocycles. The maximum Gasteiger partial charge on any atom is 0.0692 e. The average molecular weight is 145 g/mol. The fraction of sp³-hybridized carbons (Fsp3) is 1.00. The average Bonchev–Trinajstić information content (AvgIpc) is 2.04. The lowest BCUT2D eigenvalue weighted by atomic mass is 10.1. The molecule has 3 heteroatoms. The smallest absolute Gasteiger partial charge is 0.0692 e. The van der Waals surface area contributed by atoms with E-state index in [9.17, 15) is 5.11 Å². The lowest BCUT2D eigenvalue weighted by Crippen LogP contribution is -2.33. The van der Waals surface area contributed by atoms with Gasteiger partial charge in [-0.2, -0.15) is 0 Å². The van der Waals surface area contributed by atoms with Crippen molar-refractivity contribution >= 4 is 0 Å². The third-order valence-electron chi connectivity index (χ3n) is 2.12. The molecule has 1 fully saturated rings. The van der Waals surface area contributed by atoms with Gasteiger partial charge >= 0.3 is 0 Å². The van der Waals surface area contributed by atoms with Gasteiger partial charge in [0.25, 0.3) is 0 Å². The second-order valence-electron chi connectivity index (χ2n) is 3.04. The van der Waals surface area contributed by atoms with Gasteiger partial charge in [0.05, 0.1) is 12.2 Å². The van der Waals surface area contributed by atoms with Gasteiger partial charge in [0.1, 0.15) is 0 Å². The van der Waals surface area contributed by atoms with Crippen molar-refractivity contribution in [1.29, 1.82) is 0 Å². The van der Waals surface area contributed by atoms with E-state index in [4.69, 9.17) is 10.8 Å². The van der Waals surface area contributed by atoms with E-state index in [1.54, 1.807) is 0 Å². The summed E-state index contributed by atoms with van der Waals surface area (Å²) >= 11 is 0. The molecule has 3 unspecified atom stereocenters. The Morgan fingerprint density at radius 1 is 1.00 bits per heavy atom. The minimum absolute atomic E-state index is 0.128. The van der Waals surface area contributed by atoms with Crippen LogP contribution in [0.1, 0.15) is 25.7 Å². The molecule has 0 bridgehead atoms. The molecule has 10 heavy (non-hydrogen) atoms. The monoisotopic (exact) mass is 145 g/mol. The van der Waals surface area contributed by atoms with Gasteiger partial charge in [-0.25, -0.2) is 0 Å². The lowest BCUT2D eigenvalue weighted by molar-refractivity contribution is 0.125. The van der Waals surface area contributed by atoms with Gasteiger partial charge in [-0.3, -0.25) is 0 Å². The van der Waals surface area contributed by atoms with E-state index < -0.39 is 6.10 Å². The SMILES string of the molecule is NC1CCC(O)CCC1O. The molecule has 3 atom stereocenters. The summed E-state index contributed by atoms with van der Waals surface area (Å²) in [5, 5.41) is 18.4. The zero-order valence-corrected chi connectivity index (χ0v) is 6.03. The van der Waals surface area contributed by atoms with Gasteiger partial charge in [-0.05, 0) is 25.7 Å². The van der Waals surface area contributed by atoms with E-state index in [0.29, 0.717) is 12.8 Å². The molecule has 0 saturated heterocycles. The molecular formula is C7H15NO2. The molecule has 0 aromatic heterocycles. The number of hydrogen-bond donors (Lipinski definition) is 3. The van der Waals surface area contributed by atoms with E-state index in [2.05, 4.69) is 0 Å². The molecule has 0 spiro atoms. The van der Waals surface area contributed by atoms with Crippen LogP contribution < -0.4 is 5.73 Å². The second-order valence-corrected chi connectivity index (χ2v) is 3.04. The maximum atomic E-state index is 9.24. The lowest BCUT2D eigenvalue weighted by Gasteiger charge is -2.13. The van der Waals surface area contributed by atoms with Crippen molar-refractivity contribution in [2.75, 3.05) is 0 Å². The summed E-state index contributed by atoms with van der Waals surface area (Å²) in [6.45, 7) is 0. The van der Waals surface area contributed by atoms with Gasteiger partial charge in [0.2, 0.25) is 0 Å². The third kappa shape index (κ3) is 1.94. The Hall–Kier alpha value is -0.120. The molecule has 0 aromatic carbocycles. The highest BCUT2D eigenvalue weighted by atomic mass is 16.3. The van der Waals surface area contributed by atoms with E-state index in [-0.39, 0.29) is 12.1 Å². The fourth-order valence-electron chi connectivity index (χ4n) is 1.30. The van der Waals surface area contributed by atoms with E-state index in [1.807, 2.05) is 0 Å². The number of aliphatic hydroxyl groups excluding tert-OH is 2. The van der Waals surface area contributed by atoms with Crippen molar-refractivity contribution in [3.63, 3.8) is 0 Å². The zero-order chi connectivity index (χ0) is 7.56. The topological polar surface area (TPSA) is 66.5 Å². The van der Waals surface area contributed by atoms with Gasteiger partial charge in [0.15, 0.2) is 0 Å². The van der Waals surface area contributed by atoms with Crippen LogP contribution in [0, 0.1) is 0 Å². The molecule has 0 aromatic rings. The minimum Gasteiger partial charge on any atom is -0.393 e. The summed E-state index contributed by atoms with van der Waals surface area (Å²) in [5.74, 6) is 0. The predicted molar refractivity (Wildman–Crippen MR) is 38.5 cm³/mol. The summed E-state index contributed by atoms with van der Waals surface area (Å²) < 4.78 is 0. The molecule has 1 rings (SSSR count). The van der Waals surface area contributed by atoms with Crippen LogP contribution >= 0.6 is 0 Å². The van der Waals surface area contributed by atoms with E-state index >= 15 is 0 Å². The Balaban J connectivity index is 2.38. The Morgan fingerprint density at radius 2 is 1.60 bits per heavy atom. The standard InChI is InChI=1S/C7H15NO2/c8-6-3-1-5(9)2-4-7(6)10/h5-7,9-10H,1-4,8H2. The number of aliphatic hydroxyl groups is 2. The summed E-state index contributed by atoms with van der Waals surface area (Å²) in [7, 11) is 0. The molecule has 0 radical (unpaired) electrons. The fourth-order valence-corrected chi connectivity index (χ4v) is 1.30. The van der Waals surface area contributed by atoms with Crippen LogP contribution in [0.2, 0.25) is 0 Å². The first-order chi connectivity index (χ1) is 4.70. The largest absolute Gasteiger partial charge is 0.393 e. The zero-order valence-electron chi connectivity index (χ0n) is 6.03. The Bertz CT molecular complexity index is 95.8. The van der Waals surface area contributed by atoms with Crippen LogP contribution in [0.5, 0.6) is 0 Å². The Morgan fingerprint density at radius 3 is 2.30 bits per heavy atom. The third-order valence-corrected chi connectivity index (χ3v) is 2.12. The van der Waals surface area contributed by atoms with Crippen molar-refractivity contribution in [3.8, 4) is 0 Å². The van der Waals surface area contributed by atoms with Crippen molar-refractivity contribution in [2.24, 2.45) is 5.73 Å². The highest BCUT2D eigenvalue weighted by Gasteiger charge is 2.21. The normalized spacial score (nSPS) is 42.9. The molecule has 1 aliphatic rings. The van der Waals surface area contributed by atoms with Crippen LogP contribution in [0.3, 0.4) is 0 Å². The Labute approximate surface area is 60.9 Å². The van der Waals surface area contributed by atoms with Crippen molar-refractivity contribution < 1.29 is 10.2 Å². The quantitative estimate of drug-likeness (QED) is 0.407. The van der Waals surface area contributed by atoms with Crippen LogP contribution in [0.15, 0.2) is 0 Å². The van der Waals surface area contributed by atoms with Crippen molar-refractivity contribution in [3.05, 3.63) is 0 Å². The highest BCUT2D eigenvalue weighted by molar-refractivity contribution is 4.78. The molecule has 0 aliphatic heterocycles. The molecule has 0 amide bonds. The number of hydrogen-bond acceptors (Lipinski definition) is 3. The first-order valence-electron chi connectivity index (χ1n) is 3.82. The molecule has 1 saturated carbocycles. The highest BCUT2D eigenvalue weighted by Crippen LogP contribution is 2.16. The molecular weight excluding hydrogens is 130 g/mol. The second kappa shape index (κ2) is 3.32. The van der Waals surface area contributed by atoms with Gasteiger partial charge in [-0.1, -0.05) is 0 Å². The first-order valence-corrected chi connectivity index (χ1v) is 3.82. The van der Waals surface area contributed by atoms with Gasteiger partial charge in [0, 0.05) is 6.04 Å². The van der Waals surface area contributed by atoms with Crippen LogP contribution in [-0.2, 0) is 0 Å². The molecule has 4 N–H and O–H groups in total. The number of nitrogens with two attached hydrogens (primary N) is 1. The van der Waals surface area contributed by atoms with E-state index in [1.165, 1.54) is 0 Å². The predicted octanol–water partition coefficient (Wildman–Crippen LogP) is -0.391. The van der Waals surface area contributed by atoms with Crippen molar-refractivity contribution in [2.45, 2.75) is 43.9 Å². The van der Waals surface area contributed by atoms with Crippen molar-refractivity contribution in [1.82, 2.24) is 0 Å². The Kier molecular flexibility index (Phi) is 2.65. The summed E-state index contributed by atoms with van der Waals surface area (Å²) in [6, 6.07) is -0.128. The van der Waals surface area contributed by atoms with Crippen LogP contribution in [0.25, 0.3) is 0 Å². The van der Waals surface area contributed by atoms with Gasteiger partial charge < -0.3 is 15.9 Å². The van der Waals surface area contributed by atoms with Crippen LogP contribution in [-0.4, -0.2) is 28.5 Å². The van der Waals surface area contributed by atoms with E-state index in [0.717, 1.165) is 12.8 Å². The van der Waals surface area contributed by atoms with Crippen LogP contribution in [0.4, 0.5) is 0 Å². The minimum atomic E-state index is -0.405. The summed E-state index contributed by atoms with van der Waals surface area (Å²) in [5.41, 5.74) is 5.58. The van der Waals surface area contributed by atoms with Gasteiger partial charge in [-0.15, -0.1) is 0 Å². The number of rotatable bonds is 0. The summed E-state index contributed by atoms with van der Waals surface area (Å²) in [4.78, 5) is 0. The maximum absolute atomic E-state index is 9.24. The molecule has 3 nitrogen and oxygen atoms in total. The first kappa shape index (κ1) is 7.98.